The lowest BCUT2D eigenvalue weighted by molar-refractivity contribution is -0.135. The highest BCUT2D eigenvalue weighted by Crippen LogP contribution is 2.27. The molecule has 0 bridgehead atoms. The molecule has 2 amide bonds. The van der Waals surface area contributed by atoms with Crippen LogP contribution in [0.5, 0.6) is 0 Å². The molecule has 2 aliphatic rings. The van der Waals surface area contributed by atoms with Crippen LogP contribution < -0.4 is 0 Å². The summed E-state index contributed by atoms with van der Waals surface area (Å²) in [5, 5.41) is 0. The molecule has 2 atom stereocenters. The zero-order chi connectivity index (χ0) is 14.9. The Morgan fingerprint density at radius 1 is 1.35 bits per heavy atom. The van der Waals surface area contributed by atoms with Crippen molar-refractivity contribution >= 4 is 21.7 Å². The third-order valence-corrected chi connectivity index (χ3v) is 5.98. The molecule has 114 valence electrons. The largest absolute Gasteiger partial charge is 0.343 e. The molecule has 7 heteroatoms. The van der Waals surface area contributed by atoms with E-state index in [0.717, 1.165) is 0 Å². The summed E-state index contributed by atoms with van der Waals surface area (Å²) < 4.78 is 23.0. The minimum atomic E-state index is -3.01. The summed E-state index contributed by atoms with van der Waals surface area (Å²) >= 11 is 0. The number of amides is 2. The van der Waals surface area contributed by atoms with Crippen LogP contribution in [0.4, 0.5) is 0 Å². The van der Waals surface area contributed by atoms with E-state index in [1.807, 2.05) is 13.8 Å². The van der Waals surface area contributed by atoms with E-state index in [0.29, 0.717) is 26.1 Å². The van der Waals surface area contributed by atoms with Crippen molar-refractivity contribution in [2.45, 2.75) is 32.7 Å². The predicted octanol–water partition coefficient (Wildman–Crippen LogP) is -0.110. The Morgan fingerprint density at radius 2 is 2.00 bits per heavy atom. The van der Waals surface area contributed by atoms with Gasteiger partial charge in [0.25, 0.3) is 0 Å². The lowest BCUT2D eigenvalue weighted by Crippen LogP contribution is -2.40. The quantitative estimate of drug-likeness (QED) is 0.726. The number of sulfone groups is 1. The van der Waals surface area contributed by atoms with Crippen molar-refractivity contribution < 1.29 is 18.0 Å². The number of carbonyl (C=O) groups is 2. The molecule has 2 heterocycles. The van der Waals surface area contributed by atoms with E-state index < -0.39 is 9.84 Å². The van der Waals surface area contributed by atoms with Crippen molar-refractivity contribution in [3.8, 4) is 0 Å². The van der Waals surface area contributed by atoms with Gasteiger partial charge in [0.2, 0.25) is 11.8 Å². The molecule has 2 rings (SSSR count). The zero-order valence-corrected chi connectivity index (χ0v) is 12.9. The first kappa shape index (κ1) is 15.3. The smallest absolute Gasteiger partial charge is 0.227 e. The standard InChI is InChI=1S/C13H22N2O4S/c1-3-14(4-2)13(17)10-7-12(16)15(8-10)11-5-6-20(18,19)9-11/h10-11H,3-9H2,1-2H3. The molecule has 0 radical (unpaired) electrons. The van der Waals surface area contributed by atoms with E-state index in [9.17, 15) is 18.0 Å². The average Bonchev–Trinajstić information content (AvgIpc) is 2.93. The van der Waals surface area contributed by atoms with Crippen molar-refractivity contribution in [1.29, 1.82) is 0 Å². The van der Waals surface area contributed by atoms with Gasteiger partial charge in [-0.15, -0.1) is 0 Å². The maximum absolute atomic E-state index is 12.3. The molecular formula is C13H22N2O4S. The minimum Gasteiger partial charge on any atom is -0.343 e. The third-order valence-electron chi connectivity index (χ3n) is 4.23. The molecule has 0 aromatic carbocycles. The second kappa shape index (κ2) is 5.71. The van der Waals surface area contributed by atoms with Crippen LogP contribution in [0.1, 0.15) is 26.7 Å². The first-order valence-corrected chi connectivity index (χ1v) is 8.98. The Kier molecular flexibility index (Phi) is 4.36. The van der Waals surface area contributed by atoms with Gasteiger partial charge in [0.05, 0.1) is 17.4 Å². The molecule has 0 aromatic heterocycles. The molecule has 2 fully saturated rings. The monoisotopic (exact) mass is 302 g/mol. The molecule has 2 unspecified atom stereocenters. The van der Waals surface area contributed by atoms with Crippen molar-refractivity contribution in [2.24, 2.45) is 5.92 Å². The van der Waals surface area contributed by atoms with Gasteiger partial charge in [-0.1, -0.05) is 0 Å². The van der Waals surface area contributed by atoms with Crippen molar-refractivity contribution in [3.05, 3.63) is 0 Å². The van der Waals surface area contributed by atoms with Gasteiger partial charge in [-0.2, -0.15) is 0 Å². The maximum Gasteiger partial charge on any atom is 0.227 e. The second-order valence-electron chi connectivity index (χ2n) is 5.51. The predicted molar refractivity (Wildman–Crippen MR) is 74.8 cm³/mol. The zero-order valence-electron chi connectivity index (χ0n) is 12.0. The first-order chi connectivity index (χ1) is 9.38. The number of hydrogen-bond donors (Lipinski definition) is 0. The molecular weight excluding hydrogens is 280 g/mol. The molecule has 20 heavy (non-hydrogen) atoms. The summed E-state index contributed by atoms with van der Waals surface area (Å²) in [7, 11) is -3.01. The minimum absolute atomic E-state index is 0.00621. The van der Waals surface area contributed by atoms with E-state index in [4.69, 9.17) is 0 Å². The van der Waals surface area contributed by atoms with E-state index in [-0.39, 0.29) is 41.7 Å². The van der Waals surface area contributed by atoms with Crippen LogP contribution >= 0.6 is 0 Å². The highest BCUT2D eigenvalue weighted by molar-refractivity contribution is 7.91. The van der Waals surface area contributed by atoms with Crippen LogP contribution in [-0.4, -0.2) is 67.2 Å². The van der Waals surface area contributed by atoms with E-state index >= 15 is 0 Å². The molecule has 2 saturated heterocycles. The molecule has 6 nitrogen and oxygen atoms in total. The van der Waals surface area contributed by atoms with Crippen LogP contribution in [-0.2, 0) is 19.4 Å². The highest BCUT2D eigenvalue weighted by Gasteiger charge is 2.42. The van der Waals surface area contributed by atoms with Crippen LogP contribution in [0, 0.1) is 5.92 Å². The lowest BCUT2D eigenvalue weighted by atomic mass is 10.1. The van der Waals surface area contributed by atoms with Crippen molar-refractivity contribution in [3.63, 3.8) is 0 Å². The normalized spacial score (nSPS) is 28.9. The van der Waals surface area contributed by atoms with E-state index in [2.05, 4.69) is 0 Å². The average molecular weight is 302 g/mol. The topological polar surface area (TPSA) is 74.8 Å². The summed E-state index contributed by atoms with van der Waals surface area (Å²) in [6.07, 6.45) is 0.714. The first-order valence-electron chi connectivity index (χ1n) is 7.16. The summed E-state index contributed by atoms with van der Waals surface area (Å²) in [5.41, 5.74) is 0. The van der Waals surface area contributed by atoms with Crippen molar-refractivity contribution in [1.82, 2.24) is 9.80 Å². The Labute approximate surface area is 120 Å². The van der Waals surface area contributed by atoms with Gasteiger partial charge < -0.3 is 9.80 Å². The Morgan fingerprint density at radius 3 is 2.50 bits per heavy atom. The van der Waals surface area contributed by atoms with Crippen LogP contribution in [0.15, 0.2) is 0 Å². The SMILES string of the molecule is CCN(CC)C(=O)C1CC(=O)N(C2CCS(=O)(=O)C2)C1. The molecule has 0 spiro atoms. The van der Waals surface area contributed by atoms with E-state index in [1.54, 1.807) is 9.80 Å². The number of hydrogen-bond acceptors (Lipinski definition) is 4. The fourth-order valence-corrected chi connectivity index (χ4v) is 4.80. The summed E-state index contributed by atoms with van der Waals surface area (Å²) in [6.45, 7) is 5.48. The van der Waals surface area contributed by atoms with Gasteiger partial charge in [0.1, 0.15) is 0 Å². The Balaban J connectivity index is 2.02. The molecule has 0 aliphatic carbocycles. The van der Waals surface area contributed by atoms with Crippen LogP contribution in [0.25, 0.3) is 0 Å². The van der Waals surface area contributed by atoms with Crippen LogP contribution in [0.2, 0.25) is 0 Å². The Hall–Kier alpha value is -1.11. The lowest BCUT2D eigenvalue weighted by Gasteiger charge is -2.25. The van der Waals surface area contributed by atoms with Crippen molar-refractivity contribution in [2.75, 3.05) is 31.1 Å². The molecule has 2 aliphatic heterocycles. The highest BCUT2D eigenvalue weighted by atomic mass is 32.2. The number of rotatable bonds is 4. The van der Waals surface area contributed by atoms with Gasteiger partial charge in [-0.05, 0) is 20.3 Å². The van der Waals surface area contributed by atoms with Gasteiger partial charge in [0.15, 0.2) is 9.84 Å². The van der Waals surface area contributed by atoms with E-state index in [1.165, 1.54) is 0 Å². The van der Waals surface area contributed by atoms with Crippen LogP contribution in [0.3, 0.4) is 0 Å². The fourth-order valence-electron chi connectivity index (χ4n) is 3.06. The summed E-state index contributed by atoms with van der Waals surface area (Å²) in [4.78, 5) is 27.7. The van der Waals surface area contributed by atoms with Gasteiger partial charge in [-0.25, -0.2) is 8.42 Å². The molecule has 0 aromatic rings. The van der Waals surface area contributed by atoms with Gasteiger partial charge in [-0.3, -0.25) is 9.59 Å². The van der Waals surface area contributed by atoms with Gasteiger partial charge >= 0.3 is 0 Å². The maximum atomic E-state index is 12.3. The fraction of sp³-hybridized carbons (Fsp3) is 0.846. The number of nitrogens with zero attached hydrogens (tertiary/aromatic N) is 2. The number of carbonyl (C=O) groups excluding carboxylic acids is 2. The second-order valence-corrected chi connectivity index (χ2v) is 7.74. The summed E-state index contributed by atoms with van der Waals surface area (Å²) in [6, 6.07) is -0.234. The van der Waals surface area contributed by atoms with Gasteiger partial charge in [0, 0.05) is 32.1 Å². The third kappa shape index (κ3) is 2.97. The number of likely N-dealkylation sites (tertiary alicyclic amines) is 1. The Bertz CT molecular complexity index is 499. The summed E-state index contributed by atoms with van der Waals surface area (Å²) in [5.74, 6) is -0.198. The molecule has 0 saturated carbocycles. The molecule has 0 N–H and O–H groups in total.